The fourth-order valence-corrected chi connectivity index (χ4v) is 4.45. The van der Waals surface area contributed by atoms with Crippen LogP contribution in [0.1, 0.15) is 28.2 Å². The van der Waals surface area contributed by atoms with Gasteiger partial charge in [0.25, 0.3) is 0 Å². The summed E-state index contributed by atoms with van der Waals surface area (Å²) in [7, 11) is 2.21. The van der Waals surface area contributed by atoms with E-state index in [1.165, 1.54) is 33.0 Å². The zero-order chi connectivity index (χ0) is 19.1. The van der Waals surface area contributed by atoms with Crippen LogP contribution >= 0.6 is 0 Å². The van der Waals surface area contributed by atoms with Crippen LogP contribution in [0.5, 0.6) is 0 Å². The molecule has 1 aliphatic rings. The van der Waals surface area contributed by atoms with Gasteiger partial charge < -0.3 is 4.90 Å². The first-order chi connectivity index (χ1) is 13.7. The van der Waals surface area contributed by atoms with Gasteiger partial charge in [0.2, 0.25) is 0 Å². The number of fused-ring (bicyclic) bond motifs is 2. The first-order valence-electron chi connectivity index (χ1n) is 9.78. The van der Waals surface area contributed by atoms with Crippen molar-refractivity contribution < 1.29 is 0 Å². The summed E-state index contributed by atoms with van der Waals surface area (Å²) >= 11 is 0. The summed E-state index contributed by atoms with van der Waals surface area (Å²) in [5, 5.41) is 2.60. The molecule has 1 aliphatic heterocycles. The van der Waals surface area contributed by atoms with E-state index in [4.69, 9.17) is 0 Å². The predicted molar refractivity (Wildman–Crippen MR) is 114 cm³/mol. The number of hydrogen-bond donors (Lipinski definition) is 0. The van der Waals surface area contributed by atoms with Crippen molar-refractivity contribution in [2.24, 2.45) is 0 Å². The summed E-state index contributed by atoms with van der Waals surface area (Å²) < 4.78 is 0. The molecule has 0 N–H and O–H groups in total. The molecule has 1 atom stereocenters. The number of hydrogen-bond acceptors (Lipinski definition) is 3. The van der Waals surface area contributed by atoms with E-state index in [1.54, 1.807) is 0 Å². The molecule has 0 saturated heterocycles. The topological polar surface area (TPSA) is 29.0 Å². The number of benzene rings is 3. The minimum absolute atomic E-state index is 0.378. The Morgan fingerprint density at radius 3 is 2.50 bits per heavy atom. The van der Waals surface area contributed by atoms with Gasteiger partial charge in [-0.3, -0.25) is 0 Å². The predicted octanol–water partition coefficient (Wildman–Crippen LogP) is 5.18. The van der Waals surface area contributed by atoms with Crippen LogP contribution in [0.25, 0.3) is 22.2 Å². The second-order valence-electron chi connectivity index (χ2n) is 7.73. The largest absolute Gasteiger partial charge is 0.301 e. The molecule has 0 saturated carbocycles. The highest BCUT2D eigenvalue weighted by atomic mass is 15.1. The molecular formula is C25H23N3. The van der Waals surface area contributed by atoms with Crippen LogP contribution in [0.4, 0.5) is 0 Å². The van der Waals surface area contributed by atoms with Crippen LogP contribution in [0, 0.1) is 6.92 Å². The van der Waals surface area contributed by atoms with Crippen LogP contribution in [-0.2, 0) is 6.54 Å². The van der Waals surface area contributed by atoms with Crippen molar-refractivity contribution in [1.82, 2.24) is 14.9 Å². The smallest absolute Gasteiger partial charge is 0.159 e. The number of nitrogens with zero attached hydrogens (tertiary/aromatic N) is 3. The Balaban J connectivity index is 1.63. The Hall–Kier alpha value is -3.04. The molecule has 0 aliphatic carbocycles. The molecule has 0 spiro atoms. The molecule has 0 bridgehead atoms. The van der Waals surface area contributed by atoms with Gasteiger partial charge in [0.15, 0.2) is 5.82 Å². The van der Waals surface area contributed by atoms with Gasteiger partial charge >= 0.3 is 0 Å². The lowest BCUT2D eigenvalue weighted by atomic mass is 9.81. The molecule has 2 heterocycles. The standard InChI is InChI=1S/C25H23N3/c1-17-21(25-26-12-5-13-27-25)10-11-22-23(17)15-28(2)16-24(22)20-9-8-18-6-3-4-7-19(18)14-20/h3-14,24H,15-16H2,1-2H3. The molecule has 0 amide bonds. The van der Waals surface area contributed by atoms with Crippen LogP contribution in [0.15, 0.2) is 73.1 Å². The zero-order valence-corrected chi connectivity index (χ0v) is 16.3. The molecule has 5 rings (SSSR count). The lowest BCUT2D eigenvalue weighted by molar-refractivity contribution is 0.294. The Morgan fingerprint density at radius 1 is 0.893 bits per heavy atom. The zero-order valence-electron chi connectivity index (χ0n) is 16.3. The molecule has 1 unspecified atom stereocenters. The van der Waals surface area contributed by atoms with Crippen molar-refractivity contribution in [3.63, 3.8) is 0 Å². The summed E-state index contributed by atoms with van der Waals surface area (Å²) in [6.07, 6.45) is 3.62. The minimum Gasteiger partial charge on any atom is -0.301 e. The van der Waals surface area contributed by atoms with Gasteiger partial charge in [-0.2, -0.15) is 0 Å². The van der Waals surface area contributed by atoms with Crippen LogP contribution < -0.4 is 0 Å². The summed E-state index contributed by atoms with van der Waals surface area (Å²) in [5.41, 5.74) is 6.66. The fraction of sp³-hybridized carbons (Fsp3) is 0.200. The van der Waals surface area contributed by atoms with E-state index in [2.05, 4.69) is 83.4 Å². The van der Waals surface area contributed by atoms with E-state index in [1.807, 2.05) is 18.5 Å². The Morgan fingerprint density at radius 2 is 1.68 bits per heavy atom. The van der Waals surface area contributed by atoms with Gasteiger partial charge in [-0.25, -0.2) is 9.97 Å². The molecule has 3 aromatic carbocycles. The highest BCUT2D eigenvalue weighted by Gasteiger charge is 2.27. The van der Waals surface area contributed by atoms with E-state index in [0.717, 1.165) is 24.5 Å². The average Bonchev–Trinajstić information content (AvgIpc) is 2.74. The van der Waals surface area contributed by atoms with Gasteiger partial charge in [-0.1, -0.05) is 54.6 Å². The van der Waals surface area contributed by atoms with Crippen LogP contribution in [-0.4, -0.2) is 28.5 Å². The van der Waals surface area contributed by atoms with E-state index in [0.29, 0.717) is 5.92 Å². The van der Waals surface area contributed by atoms with Crippen molar-refractivity contribution in [3.8, 4) is 11.4 Å². The van der Waals surface area contributed by atoms with E-state index >= 15 is 0 Å². The minimum atomic E-state index is 0.378. The van der Waals surface area contributed by atoms with Crippen molar-refractivity contribution in [2.45, 2.75) is 19.4 Å². The molecular weight excluding hydrogens is 342 g/mol. The van der Waals surface area contributed by atoms with Crippen LogP contribution in [0.2, 0.25) is 0 Å². The molecule has 28 heavy (non-hydrogen) atoms. The molecule has 0 fully saturated rings. The van der Waals surface area contributed by atoms with Gasteiger partial charge in [0, 0.05) is 37.0 Å². The number of rotatable bonds is 2. The SMILES string of the molecule is Cc1c(-c2ncccn2)ccc2c1CN(C)CC2c1ccc2ccccc2c1. The van der Waals surface area contributed by atoms with Gasteiger partial charge in [0.05, 0.1) is 0 Å². The molecule has 0 radical (unpaired) electrons. The van der Waals surface area contributed by atoms with E-state index < -0.39 is 0 Å². The fourth-order valence-electron chi connectivity index (χ4n) is 4.45. The third kappa shape index (κ3) is 2.88. The molecule has 4 aromatic rings. The van der Waals surface area contributed by atoms with Crippen molar-refractivity contribution in [3.05, 3.63) is 95.3 Å². The normalized spacial score (nSPS) is 16.9. The maximum absolute atomic E-state index is 4.46. The first-order valence-corrected chi connectivity index (χ1v) is 9.78. The summed E-state index contributed by atoms with van der Waals surface area (Å²) in [5.74, 6) is 1.18. The number of likely N-dealkylation sites (N-methyl/N-ethyl adjacent to an activating group) is 1. The molecule has 1 aromatic heterocycles. The van der Waals surface area contributed by atoms with E-state index in [-0.39, 0.29) is 0 Å². The summed E-state index contributed by atoms with van der Waals surface area (Å²) in [4.78, 5) is 11.4. The summed E-state index contributed by atoms with van der Waals surface area (Å²) in [6, 6.07) is 21.8. The lowest BCUT2D eigenvalue weighted by Gasteiger charge is -2.34. The Labute approximate surface area is 165 Å². The summed E-state index contributed by atoms with van der Waals surface area (Å²) in [6.45, 7) is 4.21. The molecule has 3 heteroatoms. The number of aromatic nitrogens is 2. The molecule has 138 valence electrons. The van der Waals surface area contributed by atoms with Gasteiger partial charge in [-0.05, 0) is 53.1 Å². The maximum atomic E-state index is 4.46. The monoisotopic (exact) mass is 365 g/mol. The third-order valence-electron chi connectivity index (χ3n) is 5.91. The quantitative estimate of drug-likeness (QED) is 0.490. The Bertz CT molecular complexity index is 1150. The third-order valence-corrected chi connectivity index (χ3v) is 5.91. The van der Waals surface area contributed by atoms with Gasteiger partial charge in [0.1, 0.15) is 0 Å². The van der Waals surface area contributed by atoms with Crippen LogP contribution in [0.3, 0.4) is 0 Å². The molecule has 3 nitrogen and oxygen atoms in total. The highest BCUT2D eigenvalue weighted by molar-refractivity contribution is 5.83. The second-order valence-corrected chi connectivity index (χ2v) is 7.73. The van der Waals surface area contributed by atoms with Crippen molar-refractivity contribution in [2.75, 3.05) is 13.6 Å². The van der Waals surface area contributed by atoms with Gasteiger partial charge in [-0.15, -0.1) is 0 Å². The van der Waals surface area contributed by atoms with Crippen molar-refractivity contribution >= 4 is 10.8 Å². The average molecular weight is 365 g/mol. The van der Waals surface area contributed by atoms with Crippen molar-refractivity contribution in [1.29, 1.82) is 0 Å². The van der Waals surface area contributed by atoms with E-state index in [9.17, 15) is 0 Å². The Kier molecular flexibility index (Phi) is 4.18. The second kappa shape index (κ2) is 6.84. The highest BCUT2D eigenvalue weighted by Crippen LogP contribution is 2.38. The maximum Gasteiger partial charge on any atom is 0.159 e. The first kappa shape index (κ1) is 17.1. The lowest BCUT2D eigenvalue weighted by Crippen LogP contribution is -2.31.